The molecule has 0 amide bonds. The number of benzene rings is 1. The van der Waals surface area contributed by atoms with Crippen LogP contribution in [0.25, 0.3) is 23.1 Å². The zero-order valence-electron chi connectivity index (χ0n) is 9.58. The summed E-state index contributed by atoms with van der Waals surface area (Å²) in [6.07, 6.45) is 3.28. The minimum Gasteiger partial charge on any atom is -0.507 e. The molecule has 3 rings (SSSR count). The summed E-state index contributed by atoms with van der Waals surface area (Å²) in [5.74, 6) is 1.29. The lowest BCUT2D eigenvalue weighted by Gasteiger charge is -2.01. The number of rotatable bonds is 2. The van der Waals surface area contributed by atoms with Gasteiger partial charge < -0.3 is 14.6 Å². The lowest BCUT2D eigenvalue weighted by atomic mass is 10.1. The standard InChI is InChI=1S/C12H10N4O2/c1-7-3-2-4-8(9(7)17)12-15-11(16-18-12)10-13-5-6-14-10/h2-6,17H,1H3,(H,13,14). The van der Waals surface area contributed by atoms with E-state index in [1.807, 2.05) is 19.1 Å². The fourth-order valence-electron chi connectivity index (χ4n) is 1.65. The maximum Gasteiger partial charge on any atom is 0.262 e. The van der Waals surface area contributed by atoms with Gasteiger partial charge in [-0.05, 0) is 18.6 Å². The normalized spacial score (nSPS) is 10.7. The van der Waals surface area contributed by atoms with Gasteiger partial charge in [-0.1, -0.05) is 17.3 Å². The average Bonchev–Trinajstić information content (AvgIpc) is 3.01. The molecule has 2 aromatic heterocycles. The Hall–Kier alpha value is -2.63. The van der Waals surface area contributed by atoms with Crippen LogP contribution in [0.15, 0.2) is 35.1 Å². The number of para-hydroxylation sites is 1. The van der Waals surface area contributed by atoms with Crippen LogP contribution in [-0.4, -0.2) is 25.2 Å². The van der Waals surface area contributed by atoms with Crippen LogP contribution in [0.3, 0.4) is 0 Å². The highest BCUT2D eigenvalue weighted by Gasteiger charge is 2.15. The van der Waals surface area contributed by atoms with Crippen LogP contribution >= 0.6 is 0 Å². The van der Waals surface area contributed by atoms with Gasteiger partial charge in [-0.2, -0.15) is 4.98 Å². The monoisotopic (exact) mass is 242 g/mol. The van der Waals surface area contributed by atoms with Crippen molar-refractivity contribution in [2.75, 3.05) is 0 Å². The van der Waals surface area contributed by atoms with Crippen LogP contribution in [0.2, 0.25) is 0 Å². The highest BCUT2D eigenvalue weighted by molar-refractivity contribution is 5.65. The molecule has 0 fully saturated rings. The molecule has 0 spiro atoms. The Balaban J connectivity index is 2.06. The van der Waals surface area contributed by atoms with Crippen molar-refractivity contribution in [1.29, 1.82) is 0 Å². The summed E-state index contributed by atoms with van der Waals surface area (Å²) in [6, 6.07) is 5.35. The van der Waals surface area contributed by atoms with E-state index in [-0.39, 0.29) is 11.6 Å². The van der Waals surface area contributed by atoms with Crippen LogP contribution in [0, 0.1) is 6.92 Å². The lowest BCUT2D eigenvalue weighted by Crippen LogP contribution is -1.84. The molecular formula is C12H10N4O2. The maximum absolute atomic E-state index is 9.94. The van der Waals surface area contributed by atoms with Gasteiger partial charge in [0.25, 0.3) is 5.89 Å². The first-order chi connectivity index (χ1) is 8.75. The van der Waals surface area contributed by atoms with Gasteiger partial charge in [0, 0.05) is 12.4 Å². The van der Waals surface area contributed by atoms with Gasteiger partial charge >= 0.3 is 0 Å². The summed E-state index contributed by atoms with van der Waals surface area (Å²) < 4.78 is 5.13. The van der Waals surface area contributed by atoms with Crippen molar-refractivity contribution in [2.45, 2.75) is 6.92 Å². The molecule has 0 radical (unpaired) electrons. The summed E-state index contributed by atoms with van der Waals surface area (Å²) in [7, 11) is 0. The van der Waals surface area contributed by atoms with Crippen molar-refractivity contribution >= 4 is 0 Å². The highest BCUT2D eigenvalue weighted by atomic mass is 16.5. The summed E-state index contributed by atoms with van der Waals surface area (Å²) in [4.78, 5) is 11.1. The van der Waals surface area contributed by atoms with E-state index in [1.165, 1.54) is 0 Å². The van der Waals surface area contributed by atoms with Crippen LogP contribution in [0.1, 0.15) is 5.56 Å². The van der Waals surface area contributed by atoms with Crippen LogP contribution < -0.4 is 0 Å². The number of H-pyrrole nitrogens is 1. The van der Waals surface area contributed by atoms with Crippen molar-refractivity contribution in [3.63, 3.8) is 0 Å². The van der Waals surface area contributed by atoms with E-state index in [9.17, 15) is 5.11 Å². The molecular weight excluding hydrogens is 232 g/mol. The number of nitrogens with one attached hydrogen (secondary N) is 1. The minimum atomic E-state index is 0.146. The third kappa shape index (κ3) is 1.64. The molecule has 0 saturated carbocycles. The Bertz CT molecular complexity index is 673. The van der Waals surface area contributed by atoms with E-state index in [1.54, 1.807) is 18.5 Å². The van der Waals surface area contributed by atoms with E-state index in [2.05, 4.69) is 20.1 Å². The van der Waals surface area contributed by atoms with Gasteiger partial charge in [-0.3, -0.25) is 0 Å². The van der Waals surface area contributed by atoms with Gasteiger partial charge in [0.15, 0.2) is 5.82 Å². The second-order valence-electron chi connectivity index (χ2n) is 3.83. The van der Waals surface area contributed by atoms with E-state index in [4.69, 9.17) is 4.52 Å². The van der Waals surface area contributed by atoms with Crippen molar-refractivity contribution in [1.82, 2.24) is 20.1 Å². The first kappa shape index (κ1) is 10.5. The minimum absolute atomic E-state index is 0.146. The van der Waals surface area contributed by atoms with Crippen molar-refractivity contribution < 1.29 is 9.63 Å². The molecule has 0 saturated heterocycles. The molecule has 0 aliphatic rings. The molecule has 0 bridgehead atoms. The van der Waals surface area contributed by atoms with Gasteiger partial charge in [0.1, 0.15) is 5.75 Å². The quantitative estimate of drug-likeness (QED) is 0.718. The average molecular weight is 242 g/mol. The SMILES string of the molecule is Cc1cccc(-c2nc(-c3ncc[nH]3)no2)c1O. The molecule has 0 aliphatic carbocycles. The maximum atomic E-state index is 9.94. The Morgan fingerprint density at radius 1 is 1.33 bits per heavy atom. The molecule has 2 N–H and O–H groups in total. The summed E-state index contributed by atoms with van der Waals surface area (Å²) in [5.41, 5.74) is 1.27. The number of aromatic hydroxyl groups is 1. The van der Waals surface area contributed by atoms with Crippen LogP contribution in [0.5, 0.6) is 5.75 Å². The number of imidazole rings is 1. The van der Waals surface area contributed by atoms with Crippen LogP contribution in [-0.2, 0) is 0 Å². The van der Waals surface area contributed by atoms with Gasteiger partial charge in [0.2, 0.25) is 5.82 Å². The molecule has 1 aromatic carbocycles. The molecule has 0 atom stereocenters. The predicted molar refractivity (Wildman–Crippen MR) is 63.7 cm³/mol. The Kier molecular flexibility index (Phi) is 2.33. The number of phenols is 1. The van der Waals surface area contributed by atoms with Crippen molar-refractivity contribution in [2.24, 2.45) is 0 Å². The molecule has 2 heterocycles. The zero-order valence-corrected chi connectivity index (χ0v) is 9.58. The van der Waals surface area contributed by atoms with Gasteiger partial charge in [0.05, 0.1) is 5.56 Å². The molecule has 6 nitrogen and oxygen atoms in total. The number of aryl methyl sites for hydroxylation is 1. The fourth-order valence-corrected chi connectivity index (χ4v) is 1.65. The first-order valence-electron chi connectivity index (χ1n) is 5.38. The second kappa shape index (κ2) is 3.99. The van der Waals surface area contributed by atoms with E-state index >= 15 is 0 Å². The highest BCUT2D eigenvalue weighted by Crippen LogP contribution is 2.31. The molecule has 90 valence electrons. The number of nitrogens with zero attached hydrogens (tertiary/aromatic N) is 3. The number of phenolic OH excluding ortho intramolecular Hbond substituents is 1. The van der Waals surface area contributed by atoms with Gasteiger partial charge in [-0.25, -0.2) is 4.98 Å². The number of hydrogen-bond acceptors (Lipinski definition) is 5. The third-order valence-electron chi connectivity index (χ3n) is 2.60. The topological polar surface area (TPSA) is 87.8 Å². The van der Waals surface area contributed by atoms with Crippen molar-refractivity contribution in [3.05, 3.63) is 36.2 Å². The van der Waals surface area contributed by atoms with E-state index in [0.29, 0.717) is 17.2 Å². The molecule has 3 aromatic rings. The van der Waals surface area contributed by atoms with Gasteiger partial charge in [-0.15, -0.1) is 0 Å². The summed E-state index contributed by atoms with van der Waals surface area (Å²) in [6.45, 7) is 1.81. The van der Waals surface area contributed by atoms with E-state index < -0.39 is 0 Å². The smallest absolute Gasteiger partial charge is 0.262 e. The zero-order chi connectivity index (χ0) is 12.5. The number of hydrogen-bond donors (Lipinski definition) is 2. The Labute approximate surface area is 102 Å². The van der Waals surface area contributed by atoms with Crippen molar-refractivity contribution in [3.8, 4) is 28.9 Å². The molecule has 18 heavy (non-hydrogen) atoms. The Morgan fingerprint density at radius 3 is 3.00 bits per heavy atom. The summed E-state index contributed by atoms with van der Waals surface area (Å²) >= 11 is 0. The van der Waals surface area contributed by atoms with Crippen LogP contribution in [0.4, 0.5) is 0 Å². The number of aromatic nitrogens is 4. The fraction of sp³-hybridized carbons (Fsp3) is 0.0833. The first-order valence-corrected chi connectivity index (χ1v) is 5.38. The predicted octanol–water partition coefficient (Wildman–Crippen LogP) is 2.14. The van der Waals surface area contributed by atoms with E-state index in [0.717, 1.165) is 5.56 Å². The Morgan fingerprint density at radius 2 is 2.22 bits per heavy atom. The summed E-state index contributed by atoms with van der Waals surface area (Å²) in [5, 5.41) is 13.8. The third-order valence-corrected chi connectivity index (χ3v) is 2.60. The molecule has 0 aliphatic heterocycles. The number of aromatic amines is 1. The largest absolute Gasteiger partial charge is 0.507 e. The molecule has 6 heteroatoms. The lowest BCUT2D eigenvalue weighted by molar-refractivity contribution is 0.425. The second-order valence-corrected chi connectivity index (χ2v) is 3.83. The molecule has 0 unspecified atom stereocenters.